The van der Waals surface area contributed by atoms with Crippen LogP contribution in [-0.2, 0) is 4.79 Å². The van der Waals surface area contributed by atoms with Crippen molar-refractivity contribution in [2.45, 2.75) is 25.3 Å². The minimum absolute atomic E-state index is 0. The summed E-state index contributed by atoms with van der Waals surface area (Å²) in [4.78, 5) is 14.2. The van der Waals surface area contributed by atoms with Crippen LogP contribution in [0.1, 0.15) is 19.3 Å². The lowest BCUT2D eigenvalue weighted by Crippen LogP contribution is -2.44. The highest BCUT2D eigenvalue weighted by atomic mass is 35.5. The molecule has 92 valence electrons. The predicted molar refractivity (Wildman–Crippen MR) is 68.9 cm³/mol. The molecule has 16 heavy (non-hydrogen) atoms. The molecule has 0 spiro atoms. The number of amides is 1. The number of hydrogen-bond acceptors (Lipinski definition) is 3. The standard InChI is InChI=1S/C11H18N2OS.ClH/c14-11(10-6-15-7-12-10)13-4-8-2-1-3-9(8)5-13;/h8-10,12H,1-7H2;1H/t8?,9?,10-;/m1./s1. The molecule has 2 unspecified atom stereocenters. The Morgan fingerprint density at radius 1 is 1.25 bits per heavy atom. The minimum atomic E-state index is 0. The lowest BCUT2D eigenvalue weighted by molar-refractivity contribution is -0.131. The topological polar surface area (TPSA) is 32.3 Å². The first-order valence-corrected chi connectivity index (χ1v) is 7.10. The molecule has 3 rings (SSSR count). The number of carbonyl (C=O) groups excluding carboxylic acids is 1. The second-order valence-electron chi connectivity index (χ2n) is 4.97. The SMILES string of the molecule is Cl.O=C([C@H]1CSCN1)N1CC2CCCC2C1. The Kier molecular flexibility index (Phi) is 4.03. The van der Waals surface area contributed by atoms with E-state index in [4.69, 9.17) is 0 Å². The summed E-state index contributed by atoms with van der Waals surface area (Å²) >= 11 is 1.83. The number of thioether (sulfide) groups is 1. The van der Waals surface area contributed by atoms with Gasteiger partial charge in [0.25, 0.3) is 0 Å². The average Bonchev–Trinajstić information content (AvgIpc) is 2.92. The summed E-state index contributed by atoms with van der Waals surface area (Å²) in [6, 6.07) is 0.105. The zero-order chi connectivity index (χ0) is 10.3. The van der Waals surface area contributed by atoms with Crippen molar-refractivity contribution in [2.24, 2.45) is 11.8 Å². The van der Waals surface area contributed by atoms with E-state index >= 15 is 0 Å². The monoisotopic (exact) mass is 262 g/mol. The Morgan fingerprint density at radius 3 is 2.50 bits per heavy atom. The Balaban J connectivity index is 0.000000963. The van der Waals surface area contributed by atoms with Gasteiger partial charge in [0.15, 0.2) is 0 Å². The third kappa shape index (κ3) is 2.20. The minimum Gasteiger partial charge on any atom is -0.341 e. The van der Waals surface area contributed by atoms with E-state index in [0.29, 0.717) is 5.91 Å². The van der Waals surface area contributed by atoms with Gasteiger partial charge in [-0.2, -0.15) is 0 Å². The average molecular weight is 263 g/mol. The zero-order valence-electron chi connectivity index (χ0n) is 9.35. The van der Waals surface area contributed by atoms with E-state index in [2.05, 4.69) is 10.2 Å². The van der Waals surface area contributed by atoms with E-state index in [9.17, 15) is 4.79 Å². The molecular formula is C11H19ClN2OS. The molecule has 3 atom stereocenters. The number of nitrogens with one attached hydrogen (secondary N) is 1. The maximum Gasteiger partial charge on any atom is 0.240 e. The Bertz CT molecular complexity index is 259. The molecule has 2 heterocycles. The van der Waals surface area contributed by atoms with E-state index in [1.165, 1.54) is 19.3 Å². The highest BCUT2D eigenvalue weighted by Gasteiger charge is 2.40. The number of carbonyl (C=O) groups is 1. The molecular weight excluding hydrogens is 244 g/mol. The molecule has 0 bridgehead atoms. The molecule has 1 N–H and O–H groups in total. The van der Waals surface area contributed by atoms with E-state index in [-0.39, 0.29) is 18.4 Å². The van der Waals surface area contributed by atoms with Crippen molar-refractivity contribution in [3.05, 3.63) is 0 Å². The fourth-order valence-electron chi connectivity index (χ4n) is 3.19. The maximum atomic E-state index is 12.1. The largest absolute Gasteiger partial charge is 0.341 e. The van der Waals surface area contributed by atoms with Gasteiger partial charge in [-0.05, 0) is 24.7 Å². The first-order chi connectivity index (χ1) is 7.34. The van der Waals surface area contributed by atoms with Gasteiger partial charge >= 0.3 is 0 Å². The summed E-state index contributed by atoms with van der Waals surface area (Å²) in [5, 5.41) is 3.27. The van der Waals surface area contributed by atoms with Gasteiger partial charge in [-0.15, -0.1) is 24.2 Å². The number of hydrogen-bond donors (Lipinski definition) is 1. The highest BCUT2D eigenvalue weighted by molar-refractivity contribution is 7.99. The van der Waals surface area contributed by atoms with Crippen molar-refractivity contribution in [1.82, 2.24) is 10.2 Å². The van der Waals surface area contributed by atoms with Crippen LogP contribution in [0.3, 0.4) is 0 Å². The van der Waals surface area contributed by atoms with Crippen LogP contribution in [0.15, 0.2) is 0 Å². The van der Waals surface area contributed by atoms with Crippen LogP contribution in [-0.4, -0.2) is 41.6 Å². The smallest absolute Gasteiger partial charge is 0.240 e. The number of fused-ring (bicyclic) bond motifs is 1. The van der Waals surface area contributed by atoms with Gasteiger partial charge in [0.05, 0.1) is 6.04 Å². The molecule has 0 aromatic heterocycles. The number of rotatable bonds is 1. The van der Waals surface area contributed by atoms with Crippen LogP contribution in [0.2, 0.25) is 0 Å². The van der Waals surface area contributed by atoms with Gasteiger partial charge < -0.3 is 4.90 Å². The lowest BCUT2D eigenvalue weighted by Gasteiger charge is -2.20. The molecule has 1 saturated carbocycles. The van der Waals surface area contributed by atoms with Crippen LogP contribution in [0.4, 0.5) is 0 Å². The molecule has 2 aliphatic heterocycles. The van der Waals surface area contributed by atoms with E-state index in [1.54, 1.807) is 0 Å². The normalized spacial score (nSPS) is 37.2. The summed E-state index contributed by atoms with van der Waals surface area (Å²) in [6.45, 7) is 2.07. The van der Waals surface area contributed by atoms with Gasteiger partial charge in [0.1, 0.15) is 0 Å². The van der Waals surface area contributed by atoms with Gasteiger partial charge in [-0.25, -0.2) is 0 Å². The van der Waals surface area contributed by atoms with Crippen molar-refractivity contribution in [2.75, 3.05) is 24.7 Å². The summed E-state index contributed by atoms with van der Waals surface area (Å²) in [6.07, 6.45) is 4.08. The van der Waals surface area contributed by atoms with Gasteiger partial charge in [0, 0.05) is 24.7 Å². The quantitative estimate of drug-likeness (QED) is 0.774. The summed E-state index contributed by atoms with van der Waals surface area (Å²) < 4.78 is 0. The van der Waals surface area contributed by atoms with Crippen LogP contribution in [0, 0.1) is 11.8 Å². The van der Waals surface area contributed by atoms with Crippen molar-refractivity contribution in [3.8, 4) is 0 Å². The molecule has 3 nitrogen and oxygen atoms in total. The van der Waals surface area contributed by atoms with Crippen LogP contribution in [0.25, 0.3) is 0 Å². The summed E-state index contributed by atoms with van der Waals surface area (Å²) in [5.74, 6) is 3.90. The van der Waals surface area contributed by atoms with E-state index in [0.717, 1.165) is 36.6 Å². The molecule has 1 aliphatic carbocycles. The fraction of sp³-hybridized carbons (Fsp3) is 0.909. The second kappa shape index (κ2) is 5.15. The second-order valence-corrected chi connectivity index (χ2v) is 6.00. The van der Waals surface area contributed by atoms with Crippen molar-refractivity contribution in [3.63, 3.8) is 0 Å². The third-order valence-electron chi connectivity index (χ3n) is 4.05. The number of halogens is 1. The first-order valence-electron chi connectivity index (χ1n) is 5.94. The summed E-state index contributed by atoms with van der Waals surface area (Å²) in [5.41, 5.74) is 0. The molecule has 3 fully saturated rings. The summed E-state index contributed by atoms with van der Waals surface area (Å²) in [7, 11) is 0. The number of likely N-dealkylation sites (tertiary alicyclic amines) is 1. The Labute approximate surface area is 107 Å². The third-order valence-corrected chi connectivity index (χ3v) is 4.99. The molecule has 0 aromatic carbocycles. The maximum absolute atomic E-state index is 12.1. The van der Waals surface area contributed by atoms with Crippen molar-refractivity contribution in [1.29, 1.82) is 0 Å². The molecule has 3 aliphatic rings. The molecule has 5 heteroatoms. The Hall–Kier alpha value is 0.0700. The highest BCUT2D eigenvalue weighted by Crippen LogP contribution is 2.38. The van der Waals surface area contributed by atoms with Gasteiger partial charge in [-0.3, -0.25) is 10.1 Å². The predicted octanol–water partition coefficient (Wildman–Crippen LogP) is 1.33. The first kappa shape index (κ1) is 12.5. The van der Waals surface area contributed by atoms with Crippen molar-refractivity contribution < 1.29 is 4.79 Å². The fourth-order valence-corrected chi connectivity index (χ4v) is 4.12. The van der Waals surface area contributed by atoms with E-state index < -0.39 is 0 Å². The zero-order valence-corrected chi connectivity index (χ0v) is 11.0. The van der Waals surface area contributed by atoms with Crippen LogP contribution >= 0.6 is 24.2 Å². The van der Waals surface area contributed by atoms with Gasteiger partial charge in [-0.1, -0.05) is 6.42 Å². The molecule has 1 amide bonds. The molecule has 0 radical (unpaired) electrons. The van der Waals surface area contributed by atoms with E-state index in [1.807, 2.05) is 11.8 Å². The van der Waals surface area contributed by atoms with Crippen LogP contribution in [0.5, 0.6) is 0 Å². The Morgan fingerprint density at radius 2 is 1.94 bits per heavy atom. The van der Waals surface area contributed by atoms with Crippen LogP contribution < -0.4 is 5.32 Å². The van der Waals surface area contributed by atoms with Crippen molar-refractivity contribution >= 4 is 30.1 Å². The molecule has 2 saturated heterocycles. The number of nitrogens with zero attached hydrogens (tertiary/aromatic N) is 1. The van der Waals surface area contributed by atoms with Gasteiger partial charge in [0.2, 0.25) is 5.91 Å². The molecule has 0 aromatic rings. The lowest BCUT2D eigenvalue weighted by atomic mass is 10.0.